The Hall–Kier alpha value is -1.06. The van der Waals surface area contributed by atoms with Crippen molar-refractivity contribution in [2.24, 2.45) is 5.92 Å². The summed E-state index contributed by atoms with van der Waals surface area (Å²) in [4.78, 5) is 0. The monoisotopic (exact) mass is 260 g/mol. The van der Waals surface area contributed by atoms with Crippen LogP contribution in [0.1, 0.15) is 36.4 Å². The molecule has 0 saturated carbocycles. The SMILES string of the molecule is COc1ccc2c(c1)CCNC2CC1CCCNC1. The highest BCUT2D eigenvalue weighted by molar-refractivity contribution is 5.39. The minimum Gasteiger partial charge on any atom is -0.497 e. The molecule has 1 aromatic carbocycles. The van der Waals surface area contributed by atoms with E-state index in [9.17, 15) is 0 Å². The summed E-state index contributed by atoms with van der Waals surface area (Å²) in [6, 6.07) is 7.08. The van der Waals surface area contributed by atoms with Gasteiger partial charge >= 0.3 is 0 Å². The van der Waals surface area contributed by atoms with E-state index in [1.54, 1.807) is 7.11 Å². The molecule has 104 valence electrons. The van der Waals surface area contributed by atoms with E-state index < -0.39 is 0 Å². The zero-order valence-electron chi connectivity index (χ0n) is 11.7. The summed E-state index contributed by atoms with van der Waals surface area (Å²) in [6.45, 7) is 3.47. The Morgan fingerprint density at radius 2 is 2.26 bits per heavy atom. The molecule has 2 aliphatic heterocycles. The number of benzene rings is 1. The minimum absolute atomic E-state index is 0.527. The molecule has 0 bridgehead atoms. The molecule has 1 saturated heterocycles. The second-order valence-electron chi connectivity index (χ2n) is 5.77. The molecule has 0 spiro atoms. The smallest absolute Gasteiger partial charge is 0.119 e. The molecular weight excluding hydrogens is 236 g/mol. The zero-order chi connectivity index (χ0) is 13.1. The second-order valence-corrected chi connectivity index (χ2v) is 5.77. The fourth-order valence-electron chi connectivity index (χ4n) is 3.43. The van der Waals surface area contributed by atoms with E-state index in [0.717, 1.165) is 24.6 Å². The van der Waals surface area contributed by atoms with Gasteiger partial charge in [0, 0.05) is 6.04 Å². The summed E-state index contributed by atoms with van der Waals surface area (Å²) < 4.78 is 5.34. The molecule has 19 heavy (non-hydrogen) atoms. The molecule has 0 radical (unpaired) electrons. The van der Waals surface area contributed by atoms with Crippen LogP contribution in [0.25, 0.3) is 0 Å². The van der Waals surface area contributed by atoms with Crippen LogP contribution in [0.2, 0.25) is 0 Å². The first-order valence-corrected chi connectivity index (χ1v) is 7.47. The van der Waals surface area contributed by atoms with E-state index in [0.29, 0.717) is 6.04 Å². The first kappa shape index (κ1) is 12.9. The predicted octanol–water partition coefficient (Wildman–Crippen LogP) is 2.27. The first-order valence-electron chi connectivity index (χ1n) is 7.47. The van der Waals surface area contributed by atoms with E-state index in [2.05, 4.69) is 28.8 Å². The lowest BCUT2D eigenvalue weighted by atomic mass is 9.85. The molecule has 0 amide bonds. The molecule has 3 heteroatoms. The van der Waals surface area contributed by atoms with Crippen molar-refractivity contribution < 1.29 is 4.74 Å². The van der Waals surface area contributed by atoms with Crippen LogP contribution in [0, 0.1) is 5.92 Å². The number of methoxy groups -OCH3 is 1. The van der Waals surface area contributed by atoms with Gasteiger partial charge in [0.15, 0.2) is 0 Å². The quantitative estimate of drug-likeness (QED) is 0.874. The first-order chi connectivity index (χ1) is 9.36. The van der Waals surface area contributed by atoms with Crippen LogP contribution in [-0.2, 0) is 6.42 Å². The predicted molar refractivity (Wildman–Crippen MR) is 77.7 cm³/mol. The van der Waals surface area contributed by atoms with Crippen molar-refractivity contribution in [3.63, 3.8) is 0 Å². The molecule has 0 aliphatic carbocycles. The summed E-state index contributed by atoms with van der Waals surface area (Å²) in [6.07, 6.45) is 5.07. The number of fused-ring (bicyclic) bond motifs is 1. The molecule has 3 nitrogen and oxygen atoms in total. The van der Waals surface area contributed by atoms with Gasteiger partial charge < -0.3 is 15.4 Å². The number of nitrogens with one attached hydrogen (secondary N) is 2. The normalized spacial score (nSPS) is 26.8. The van der Waals surface area contributed by atoms with Crippen molar-refractivity contribution in [3.05, 3.63) is 29.3 Å². The third-order valence-electron chi connectivity index (χ3n) is 4.48. The third kappa shape index (κ3) is 2.93. The molecule has 2 aliphatic rings. The van der Waals surface area contributed by atoms with Crippen molar-refractivity contribution in [1.29, 1.82) is 0 Å². The minimum atomic E-state index is 0.527. The third-order valence-corrected chi connectivity index (χ3v) is 4.48. The lowest BCUT2D eigenvalue weighted by molar-refractivity contribution is 0.310. The average molecular weight is 260 g/mol. The van der Waals surface area contributed by atoms with E-state index in [1.165, 1.54) is 43.5 Å². The van der Waals surface area contributed by atoms with Crippen LogP contribution in [0.4, 0.5) is 0 Å². The van der Waals surface area contributed by atoms with E-state index >= 15 is 0 Å². The fourth-order valence-corrected chi connectivity index (χ4v) is 3.43. The van der Waals surface area contributed by atoms with Gasteiger partial charge in [-0.1, -0.05) is 6.07 Å². The zero-order valence-corrected chi connectivity index (χ0v) is 11.7. The molecule has 0 aromatic heterocycles. The van der Waals surface area contributed by atoms with Gasteiger partial charge in [0.05, 0.1) is 7.11 Å². The maximum Gasteiger partial charge on any atom is 0.119 e. The Morgan fingerprint density at radius 1 is 1.32 bits per heavy atom. The molecule has 3 rings (SSSR count). The van der Waals surface area contributed by atoms with E-state index in [1.807, 2.05) is 0 Å². The fraction of sp³-hybridized carbons (Fsp3) is 0.625. The van der Waals surface area contributed by atoms with Gasteiger partial charge in [-0.3, -0.25) is 0 Å². The van der Waals surface area contributed by atoms with Crippen LogP contribution >= 0.6 is 0 Å². The molecule has 1 aromatic rings. The highest BCUT2D eigenvalue weighted by Crippen LogP contribution is 2.32. The van der Waals surface area contributed by atoms with Crippen LogP contribution in [0.3, 0.4) is 0 Å². The van der Waals surface area contributed by atoms with Crippen LogP contribution < -0.4 is 15.4 Å². The van der Waals surface area contributed by atoms with Gasteiger partial charge in [-0.2, -0.15) is 0 Å². The van der Waals surface area contributed by atoms with Crippen LogP contribution in [-0.4, -0.2) is 26.7 Å². The Kier molecular flexibility index (Phi) is 4.04. The van der Waals surface area contributed by atoms with Crippen molar-refractivity contribution in [1.82, 2.24) is 10.6 Å². The number of hydrogen-bond donors (Lipinski definition) is 2. The highest BCUT2D eigenvalue weighted by Gasteiger charge is 2.24. The number of hydrogen-bond acceptors (Lipinski definition) is 3. The topological polar surface area (TPSA) is 33.3 Å². The summed E-state index contributed by atoms with van der Waals surface area (Å²) in [5, 5.41) is 7.21. The van der Waals surface area contributed by atoms with Gasteiger partial charge in [0.1, 0.15) is 5.75 Å². The summed E-state index contributed by atoms with van der Waals surface area (Å²) in [5.41, 5.74) is 2.95. The van der Waals surface area contributed by atoms with Gasteiger partial charge in [-0.25, -0.2) is 0 Å². The highest BCUT2D eigenvalue weighted by atomic mass is 16.5. The van der Waals surface area contributed by atoms with Crippen LogP contribution in [0.5, 0.6) is 5.75 Å². The molecular formula is C16H24N2O. The summed E-state index contributed by atoms with van der Waals surface area (Å²) in [5.74, 6) is 1.80. The summed E-state index contributed by atoms with van der Waals surface area (Å²) in [7, 11) is 1.74. The lowest BCUT2D eigenvalue weighted by Gasteiger charge is -2.32. The van der Waals surface area contributed by atoms with Crippen LogP contribution in [0.15, 0.2) is 18.2 Å². The van der Waals surface area contributed by atoms with Crippen molar-refractivity contribution in [3.8, 4) is 5.75 Å². The van der Waals surface area contributed by atoms with Gasteiger partial charge in [-0.05, 0) is 74.5 Å². The number of piperidine rings is 1. The van der Waals surface area contributed by atoms with Gasteiger partial charge in [-0.15, -0.1) is 0 Å². The Morgan fingerprint density at radius 3 is 3.05 bits per heavy atom. The Bertz CT molecular complexity index is 427. The summed E-state index contributed by atoms with van der Waals surface area (Å²) >= 11 is 0. The standard InChI is InChI=1S/C16H24N2O/c1-19-14-4-5-15-13(10-14)6-8-18-16(15)9-12-3-2-7-17-11-12/h4-5,10,12,16-18H,2-3,6-9,11H2,1H3. The maximum absolute atomic E-state index is 5.34. The van der Waals surface area contributed by atoms with Crippen molar-refractivity contribution >= 4 is 0 Å². The lowest BCUT2D eigenvalue weighted by Crippen LogP contribution is -2.35. The Balaban J connectivity index is 1.74. The molecule has 2 unspecified atom stereocenters. The molecule has 2 N–H and O–H groups in total. The molecule has 2 heterocycles. The number of rotatable bonds is 3. The Labute approximate surface area is 115 Å². The van der Waals surface area contributed by atoms with E-state index in [-0.39, 0.29) is 0 Å². The average Bonchev–Trinajstić information content (AvgIpc) is 2.48. The second kappa shape index (κ2) is 5.93. The number of ether oxygens (including phenoxy) is 1. The maximum atomic E-state index is 5.34. The van der Waals surface area contributed by atoms with Crippen molar-refractivity contribution in [2.45, 2.75) is 31.7 Å². The van der Waals surface area contributed by atoms with Gasteiger partial charge in [0.25, 0.3) is 0 Å². The van der Waals surface area contributed by atoms with E-state index in [4.69, 9.17) is 4.74 Å². The van der Waals surface area contributed by atoms with Gasteiger partial charge in [0.2, 0.25) is 0 Å². The van der Waals surface area contributed by atoms with Crippen molar-refractivity contribution in [2.75, 3.05) is 26.7 Å². The largest absolute Gasteiger partial charge is 0.497 e. The molecule has 1 fully saturated rings. The molecule has 2 atom stereocenters.